The summed E-state index contributed by atoms with van der Waals surface area (Å²) in [6, 6.07) is 28.0. The molecule has 224 valence electrons. The fourth-order valence-electron chi connectivity index (χ4n) is 5.21. The van der Waals surface area contributed by atoms with Crippen LogP contribution < -0.4 is 10.1 Å². The Hall–Kier alpha value is -4.25. The zero-order valence-corrected chi connectivity index (χ0v) is 25.3. The largest absolute Gasteiger partial charge is 0.497 e. The third-order valence-corrected chi connectivity index (χ3v) is 8.32. The number of thiazole rings is 1. The maximum absolute atomic E-state index is 13.4. The van der Waals surface area contributed by atoms with Crippen LogP contribution in [0.3, 0.4) is 0 Å². The van der Waals surface area contributed by atoms with Crippen molar-refractivity contribution in [3.05, 3.63) is 112 Å². The van der Waals surface area contributed by atoms with Crippen LogP contribution in [0.2, 0.25) is 0 Å². The number of nitrogens with zero attached hydrogens (tertiary/aromatic N) is 4. The molecule has 9 nitrogen and oxygen atoms in total. The normalized spacial score (nSPS) is 13.6. The first-order valence-corrected chi connectivity index (χ1v) is 15.2. The Morgan fingerprint density at radius 1 is 0.907 bits per heavy atom. The average molecular weight is 600 g/mol. The van der Waals surface area contributed by atoms with Crippen LogP contribution >= 0.6 is 11.3 Å². The lowest BCUT2D eigenvalue weighted by molar-refractivity contribution is 0.0592. The first-order chi connectivity index (χ1) is 21.1. The van der Waals surface area contributed by atoms with Gasteiger partial charge < -0.3 is 24.6 Å². The van der Waals surface area contributed by atoms with Gasteiger partial charge in [0.1, 0.15) is 16.5 Å². The van der Waals surface area contributed by atoms with Crippen LogP contribution in [-0.2, 0) is 11.3 Å². The van der Waals surface area contributed by atoms with E-state index in [0.717, 1.165) is 13.1 Å². The highest BCUT2D eigenvalue weighted by molar-refractivity contribution is 7.09. The van der Waals surface area contributed by atoms with Crippen molar-refractivity contribution in [1.82, 2.24) is 19.7 Å². The lowest BCUT2D eigenvalue weighted by atomic mass is 9.96. The number of piperazine rings is 1. The van der Waals surface area contributed by atoms with E-state index in [2.05, 4.69) is 63.7 Å². The Morgan fingerprint density at radius 2 is 1.53 bits per heavy atom. The number of carbonyl (C=O) groups is 2. The summed E-state index contributed by atoms with van der Waals surface area (Å²) in [4.78, 5) is 37.1. The van der Waals surface area contributed by atoms with Gasteiger partial charge in [-0.3, -0.25) is 9.69 Å². The standard InChI is InChI=1S/C33H37N5O4S/c1-41-22-21-38(33(40)34-27-13-15-28(42-2)16-14-27)23-30-35-29(24-43-30)32(39)37-19-17-36(18-20-37)31(25-9-5-3-6-10-25)26-11-7-4-8-12-26/h3-16,24,31H,17-23H2,1-2H3,(H,34,40). The molecular weight excluding hydrogens is 562 g/mol. The van der Waals surface area contributed by atoms with Crippen molar-refractivity contribution in [2.45, 2.75) is 12.6 Å². The SMILES string of the molecule is COCCN(Cc1nc(C(=O)N2CCN(C(c3ccccc3)c3ccccc3)CC2)cs1)C(=O)Nc1ccc(OC)cc1. The summed E-state index contributed by atoms with van der Waals surface area (Å²) in [5.74, 6) is 0.632. The third-order valence-electron chi connectivity index (χ3n) is 7.49. The highest BCUT2D eigenvalue weighted by atomic mass is 32.1. The molecule has 0 spiro atoms. The van der Waals surface area contributed by atoms with E-state index >= 15 is 0 Å². The maximum Gasteiger partial charge on any atom is 0.322 e. The molecule has 0 bridgehead atoms. The number of nitrogens with one attached hydrogen (secondary N) is 1. The summed E-state index contributed by atoms with van der Waals surface area (Å²) in [6.07, 6.45) is 0. The van der Waals surface area contributed by atoms with E-state index in [1.54, 1.807) is 48.8 Å². The van der Waals surface area contributed by atoms with Crippen molar-refractivity contribution in [3.8, 4) is 5.75 Å². The van der Waals surface area contributed by atoms with Gasteiger partial charge in [0.25, 0.3) is 5.91 Å². The van der Waals surface area contributed by atoms with Crippen LogP contribution in [-0.4, -0.2) is 85.2 Å². The minimum atomic E-state index is -0.271. The molecular formula is C33H37N5O4S. The molecule has 0 saturated carbocycles. The minimum absolute atomic E-state index is 0.0794. The summed E-state index contributed by atoms with van der Waals surface area (Å²) >= 11 is 1.38. The molecule has 2 heterocycles. The van der Waals surface area contributed by atoms with E-state index in [1.165, 1.54) is 22.5 Å². The number of amides is 3. The van der Waals surface area contributed by atoms with E-state index in [1.807, 2.05) is 17.0 Å². The summed E-state index contributed by atoms with van der Waals surface area (Å²) in [5, 5.41) is 5.39. The molecule has 4 aromatic rings. The lowest BCUT2D eigenvalue weighted by Crippen LogP contribution is -2.50. The number of hydrogen-bond acceptors (Lipinski definition) is 7. The molecule has 5 rings (SSSR count). The van der Waals surface area contributed by atoms with Crippen LogP contribution in [0.5, 0.6) is 5.75 Å². The van der Waals surface area contributed by atoms with Crippen LogP contribution in [0.1, 0.15) is 32.7 Å². The van der Waals surface area contributed by atoms with Gasteiger partial charge in [-0.25, -0.2) is 9.78 Å². The second-order valence-corrected chi connectivity index (χ2v) is 11.2. The summed E-state index contributed by atoms with van der Waals surface area (Å²) < 4.78 is 10.4. The Morgan fingerprint density at radius 3 is 2.12 bits per heavy atom. The van der Waals surface area contributed by atoms with E-state index in [0.29, 0.717) is 48.4 Å². The number of aromatic nitrogens is 1. The Balaban J connectivity index is 1.21. The molecule has 10 heteroatoms. The minimum Gasteiger partial charge on any atom is -0.497 e. The molecule has 0 atom stereocenters. The molecule has 3 aromatic carbocycles. The van der Waals surface area contributed by atoms with Gasteiger partial charge in [-0.05, 0) is 35.4 Å². The van der Waals surface area contributed by atoms with Gasteiger partial charge in [0.15, 0.2) is 0 Å². The third kappa shape index (κ3) is 7.78. The van der Waals surface area contributed by atoms with Crippen molar-refractivity contribution in [1.29, 1.82) is 0 Å². The van der Waals surface area contributed by atoms with Crippen LogP contribution in [0.15, 0.2) is 90.3 Å². The topological polar surface area (TPSA) is 87.2 Å². The number of ether oxygens (including phenoxy) is 2. The zero-order chi connectivity index (χ0) is 30.0. The second kappa shape index (κ2) is 14.8. The molecule has 0 radical (unpaired) electrons. The quantitative estimate of drug-likeness (QED) is 0.249. The monoisotopic (exact) mass is 599 g/mol. The molecule has 1 fully saturated rings. The summed E-state index contributed by atoms with van der Waals surface area (Å²) in [5.41, 5.74) is 3.56. The lowest BCUT2D eigenvalue weighted by Gasteiger charge is -2.39. The van der Waals surface area contributed by atoms with Crippen LogP contribution in [0.4, 0.5) is 10.5 Å². The smallest absolute Gasteiger partial charge is 0.322 e. The molecule has 1 aliphatic rings. The fraction of sp³-hybridized carbons (Fsp3) is 0.303. The van der Waals surface area contributed by atoms with Crippen LogP contribution in [0, 0.1) is 0 Å². The first-order valence-electron chi connectivity index (χ1n) is 14.3. The Labute approximate surface area is 256 Å². The van der Waals surface area contributed by atoms with Crippen molar-refractivity contribution < 1.29 is 19.1 Å². The van der Waals surface area contributed by atoms with Gasteiger partial charge in [0.05, 0.1) is 26.3 Å². The number of urea groups is 1. The summed E-state index contributed by atoms with van der Waals surface area (Å²) in [7, 11) is 3.20. The number of methoxy groups -OCH3 is 2. The van der Waals surface area contributed by atoms with E-state index in [4.69, 9.17) is 9.47 Å². The van der Waals surface area contributed by atoms with Gasteiger partial charge >= 0.3 is 6.03 Å². The second-order valence-electron chi connectivity index (χ2n) is 10.3. The predicted octanol–water partition coefficient (Wildman–Crippen LogP) is 5.38. The number of carbonyl (C=O) groups excluding carboxylic acids is 2. The highest BCUT2D eigenvalue weighted by Crippen LogP contribution is 2.30. The van der Waals surface area contributed by atoms with Crippen molar-refractivity contribution in [3.63, 3.8) is 0 Å². The van der Waals surface area contributed by atoms with Crippen LogP contribution in [0.25, 0.3) is 0 Å². The maximum atomic E-state index is 13.4. The van der Waals surface area contributed by atoms with E-state index < -0.39 is 0 Å². The highest BCUT2D eigenvalue weighted by Gasteiger charge is 2.29. The van der Waals surface area contributed by atoms with Crippen molar-refractivity contribution in [2.75, 3.05) is 58.9 Å². The molecule has 43 heavy (non-hydrogen) atoms. The molecule has 1 N–H and O–H groups in total. The molecule has 0 aliphatic carbocycles. The average Bonchev–Trinajstić information content (AvgIpc) is 3.53. The van der Waals surface area contributed by atoms with E-state index in [-0.39, 0.29) is 24.5 Å². The van der Waals surface area contributed by atoms with Gasteiger partial charge in [0.2, 0.25) is 0 Å². The molecule has 1 aliphatic heterocycles. The van der Waals surface area contributed by atoms with Gasteiger partial charge in [0, 0.05) is 50.9 Å². The number of anilines is 1. The first kappa shape index (κ1) is 30.2. The molecule has 1 aromatic heterocycles. The van der Waals surface area contributed by atoms with Crippen molar-refractivity contribution in [2.24, 2.45) is 0 Å². The molecule has 0 unspecified atom stereocenters. The van der Waals surface area contributed by atoms with E-state index in [9.17, 15) is 9.59 Å². The predicted molar refractivity (Wildman–Crippen MR) is 169 cm³/mol. The molecule has 3 amide bonds. The van der Waals surface area contributed by atoms with Gasteiger partial charge in [-0.1, -0.05) is 60.7 Å². The van der Waals surface area contributed by atoms with Gasteiger partial charge in [-0.15, -0.1) is 11.3 Å². The fourth-order valence-corrected chi connectivity index (χ4v) is 5.99. The zero-order valence-electron chi connectivity index (χ0n) is 24.5. The number of benzene rings is 3. The van der Waals surface area contributed by atoms with Crippen molar-refractivity contribution >= 4 is 29.0 Å². The number of hydrogen-bond donors (Lipinski definition) is 1. The van der Waals surface area contributed by atoms with Gasteiger partial charge in [-0.2, -0.15) is 0 Å². The molecule has 1 saturated heterocycles. The Bertz CT molecular complexity index is 1420. The summed E-state index contributed by atoms with van der Waals surface area (Å²) in [6.45, 7) is 3.78. The number of rotatable bonds is 11. The Kier molecular flexibility index (Phi) is 10.4.